The summed E-state index contributed by atoms with van der Waals surface area (Å²) in [6.45, 7) is 4.02. The molecule has 4 N–H and O–H groups in total. The molecule has 5 nitrogen and oxygen atoms in total. The van der Waals surface area contributed by atoms with Crippen LogP contribution in [0.25, 0.3) is 0 Å². The van der Waals surface area contributed by atoms with Crippen LogP contribution in [0.4, 0.5) is 0 Å². The molecule has 0 aromatic heterocycles. The summed E-state index contributed by atoms with van der Waals surface area (Å²) in [4.78, 5) is 11.1. The van der Waals surface area contributed by atoms with Crippen molar-refractivity contribution in [3.63, 3.8) is 0 Å². The van der Waals surface area contributed by atoms with Crippen molar-refractivity contribution in [2.75, 3.05) is 0 Å². The number of hydrogen-bond acceptors (Lipinski definition) is 4. The second kappa shape index (κ2) is 5.06. The molecule has 0 aliphatic rings. The number of rotatable bonds is 4. The van der Waals surface area contributed by atoms with E-state index in [2.05, 4.69) is 0 Å². The van der Waals surface area contributed by atoms with Gasteiger partial charge in [-0.1, -0.05) is 6.07 Å². The van der Waals surface area contributed by atoms with Crippen molar-refractivity contribution in [3.8, 4) is 0 Å². The first-order chi connectivity index (χ1) is 8.18. The fourth-order valence-electron chi connectivity index (χ4n) is 1.84. The van der Waals surface area contributed by atoms with E-state index in [0.29, 0.717) is 5.56 Å². The Morgan fingerprint density at radius 1 is 1.39 bits per heavy atom. The van der Waals surface area contributed by atoms with Crippen LogP contribution in [0.15, 0.2) is 12.1 Å². The highest BCUT2D eigenvalue weighted by atomic mass is 16.4. The summed E-state index contributed by atoms with van der Waals surface area (Å²) in [7, 11) is 0. The van der Waals surface area contributed by atoms with E-state index in [4.69, 9.17) is 5.11 Å². The first kappa shape index (κ1) is 14.6. The average molecular weight is 254 g/mol. The van der Waals surface area contributed by atoms with Gasteiger partial charge >= 0.3 is 5.97 Å². The van der Waals surface area contributed by atoms with Crippen molar-refractivity contribution in [1.29, 1.82) is 0 Å². The number of aryl methyl sites for hydroxylation is 1. The monoisotopic (exact) mass is 254 g/mol. The topological polar surface area (TPSA) is 98.0 Å². The van der Waals surface area contributed by atoms with E-state index in [0.717, 1.165) is 0 Å². The van der Waals surface area contributed by atoms with Crippen molar-refractivity contribution in [2.24, 2.45) is 0 Å². The molecule has 1 rings (SSSR count). The van der Waals surface area contributed by atoms with E-state index in [1.807, 2.05) is 0 Å². The Bertz CT molecular complexity index is 459. The molecule has 0 bridgehead atoms. The van der Waals surface area contributed by atoms with Crippen molar-refractivity contribution in [1.82, 2.24) is 0 Å². The molecular weight excluding hydrogens is 236 g/mol. The minimum Gasteiger partial charge on any atom is -0.478 e. The molecule has 0 aliphatic carbocycles. The fourth-order valence-corrected chi connectivity index (χ4v) is 1.84. The third kappa shape index (κ3) is 2.87. The minimum absolute atomic E-state index is 0.0594. The van der Waals surface area contributed by atoms with Crippen molar-refractivity contribution >= 4 is 5.97 Å². The lowest BCUT2D eigenvalue weighted by atomic mass is 9.88. The van der Waals surface area contributed by atoms with Gasteiger partial charge in [-0.15, -0.1) is 0 Å². The normalized spacial score (nSPS) is 13.4. The first-order valence-corrected chi connectivity index (χ1v) is 5.56. The Morgan fingerprint density at radius 2 is 1.94 bits per heavy atom. The maximum atomic E-state index is 11.1. The Morgan fingerprint density at radius 3 is 2.33 bits per heavy atom. The molecule has 0 heterocycles. The molecule has 5 heteroatoms. The van der Waals surface area contributed by atoms with Crippen molar-refractivity contribution in [3.05, 3.63) is 34.4 Å². The molecular formula is C13H18O5. The molecule has 0 radical (unpaired) electrons. The van der Waals surface area contributed by atoms with Gasteiger partial charge in [0, 0.05) is 0 Å². The lowest BCUT2D eigenvalue weighted by molar-refractivity contribution is -0.0505. The second-order valence-corrected chi connectivity index (χ2v) is 4.90. The SMILES string of the molecule is Cc1cc(C(=O)O)c(CO)c(C(O)C(C)(C)O)c1. The quantitative estimate of drug-likeness (QED) is 0.642. The Labute approximate surface area is 105 Å². The molecule has 1 aromatic rings. The summed E-state index contributed by atoms with van der Waals surface area (Å²) in [6, 6.07) is 3.00. The molecule has 1 atom stereocenters. The number of aliphatic hydroxyl groups is 3. The van der Waals surface area contributed by atoms with Gasteiger partial charge in [0.2, 0.25) is 0 Å². The molecule has 100 valence electrons. The zero-order valence-corrected chi connectivity index (χ0v) is 10.6. The molecule has 0 fully saturated rings. The van der Waals surface area contributed by atoms with Crippen LogP contribution >= 0.6 is 0 Å². The Balaban J connectivity index is 3.48. The van der Waals surface area contributed by atoms with Crippen LogP contribution < -0.4 is 0 Å². The van der Waals surface area contributed by atoms with E-state index in [9.17, 15) is 20.1 Å². The lowest BCUT2D eigenvalue weighted by Gasteiger charge is -2.27. The summed E-state index contributed by atoms with van der Waals surface area (Å²) in [6.07, 6.45) is -1.27. The summed E-state index contributed by atoms with van der Waals surface area (Å²) >= 11 is 0. The van der Waals surface area contributed by atoms with Crippen molar-refractivity contribution < 1.29 is 25.2 Å². The molecule has 0 spiro atoms. The molecule has 1 unspecified atom stereocenters. The second-order valence-electron chi connectivity index (χ2n) is 4.90. The van der Waals surface area contributed by atoms with Gasteiger partial charge in [-0.05, 0) is 43.5 Å². The minimum atomic E-state index is -1.42. The van der Waals surface area contributed by atoms with Gasteiger partial charge in [-0.2, -0.15) is 0 Å². The van der Waals surface area contributed by atoms with Gasteiger partial charge in [0.25, 0.3) is 0 Å². The van der Waals surface area contributed by atoms with Crippen molar-refractivity contribution in [2.45, 2.75) is 39.1 Å². The smallest absolute Gasteiger partial charge is 0.336 e. The van der Waals surface area contributed by atoms with Crippen LogP contribution in [-0.4, -0.2) is 32.0 Å². The number of hydrogen-bond donors (Lipinski definition) is 4. The van der Waals surface area contributed by atoms with Crippen LogP contribution in [0.2, 0.25) is 0 Å². The first-order valence-electron chi connectivity index (χ1n) is 5.56. The van der Waals surface area contributed by atoms with Crippen LogP contribution in [0.1, 0.15) is 47.0 Å². The van der Waals surface area contributed by atoms with E-state index in [1.54, 1.807) is 13.0 Å². The van der Waals surface area contributed by atoms with Crippen LogP contribution in [0.5, 0.6) is 0 Å². The van der Waals surface area contributed by atoms with Gasteiger partial charge in [-0.3, -0.25) is 0 Å². The van der Waals surface area contributed by atoms with Crippen LogP contribution in [0.3, 0.4) is 0 Å². The number of carboxylic acid groups (broad SMARTS) is 1. The predicted molar refractivity (Wildman–Crippen MR) is 65.3 cm³/mol. The Hall–Kier alpha value is -1.43. The zero-order valence-electron chi connectivity index (χ0n) is 10.6. The van der Waals surface area contributed by atoms with Gasteiger partial charge < -0.3 is 20.4 Å². The number of aliphatic hydroxyl groups excluding tert-OH is 2. The fraction of sp³-hybridized carbons (Fsp3) is 0.462. The lowest BCUT2D eigenvalue weighted by Crippen LogP contribution is -2.30. The van der Waals surface area contributed by atoms with Crippen LogP contribution in [0, 0.1) is 6.92 Å². The number of carboxylic acids is 1. The summed E-state index contributed by atoms with van der Waals surface area (Å²) in [5.74, 6) is -1.17. The third-order valence-electron chi connectivity index (χ3n) is 2.78. The number of aromatic carboxylic acids is 1. The highest BCUT2D eigenvalue weighted by Crippen LogP contribution is 2.30. The molecule has 0 saturated carbocycles. The number of carbonyl (C=O) groups is 1. The largest absolute Gasteiger partial charge is 0.478 e. The van der Waals surface area contributed by atoms with E-state index in [1.165, 1.54) is 19.9 Å². The molecule has 0 saturated heterocycles. The van der Waals surface area contributed by atoms with Gasteiger partial charge in [-0.25, -0.2) is 4.79 Å². The number of benzene rings is 1. The molecule has 18 heavy (non-hydrogen) atoms. The zero-order chi connectivity index (χ0) is 14.1. The maximum Gasteiger partial charge on any atom is 0.336 e. The van der Waals surface area contributed by atoms with E-state index >= 15 is 0 Å². The standard InChI is InChI=1S/C13H18O5/c1-7-4-8(11(15)13(2,3)18)10(6-14)9(5-7)12(16)17/h4-5,11,14-15,18H,6H2,1-3H3,(H,16,17). The maximum absolute atomic E-state index is 11.1. The highest BCUT2D eigenvalue weighted by Gasteiger charge is 2.29. The van der Waals surface area contributed by atoms with Gasteiger partial charge in [0.15, 0.2) is 0 Å². The predicted octanol–water partition coefficient (Wildman–Crippen LogP) is 0.990. The van der Waals surface area contributed by atoms with E-state index in [-0.39, 0.29) is 16.7 Å². The summed E-state index contributed by atoms with van der Waals surface area (Å²) in [5, 5.41) is 38.2. The molecule has 1 aromatic carbocycles. The van der Waals surface area contributed by atoms with Gasteiger partial charge in [0.05, 0.1) is 17.8 Å². The van der Waals surface area contributed by atoms with Crippen LogP contribution in [-0.2, 0) is 6.61 Å². The molecule has 0 aliphatic heterocycles. The molecule has 0 amide bonds. The summed E-state index contributed by atoms with van der Waals surface area (Å²) < 4.78 is 0. The van der Waals surface area contributed by atoms with Gasteiger partial charge in [0.1, 0.15) is 6.10 Å². The van der Waals surface area contributed by atoms with E-state index < -0.39 is 24.3 Å². The Kier molecular flexibility index (Phi) is 4.11. The highest BCUT2D eigenvalue weighted by molar-refractivity contribution is 5.90. The third-order valence-corrected chi connectivity index (χ3v) is 2.78. The summed E-state index contributed by atoms with van der Waals surface area (Å²) in [5.41, 5.74) is -0.475. The average Bonchev–Trinajstić information content (AvgIpc) is 2.25.